The zero-order valence-electron chi connectivity index (χ0n) is 21.1. The molecule has 7 nitrogen and oxygen atoms in total. The van der Waals surface area contributed by atoms with Crippen molar-refractivity contribution in [3.05, 3.63) is 59.0 Å². The van der Waals surface area contributed by atoms with Crippen LogP contribution in [-0.4, -0.2) is 48.6 Å². The molecule has 2 aromatic carbocycles. The zero-order chi connectivity index (χ0) is 25.5. The topological polar surface area (TPSA) is 77.1 Å². The van der Waals surface area contributed by atoms with E-state index in [0.29, 0.717) is 28.9 Å². The number of ether oxygens (including phenoxy) is 3. The minimum Gasteiger partial charge on any atom is -0.493 e. The predicted octanol–water partition coefficient (Wildman–Crippen LogP) is 5.53. The first-order valence-corrected chi connectivity index (χ1v) is 13.4. The quantitative estimate of drug-likeness (QED) is 0.351. The van der Waals surface area contributed by atoms with Gasteiger partial charge in [0.15, 0.2) is 23.6 Å². The Hall–Kier alpha value is -3.13. The van der Waals surface area contributed by atoms with Crippen LogP contribution in [0.15, 0.2) is 53.4 Å². The van der Waals surface area contributed by atoms with Gasteiger partial charge in [-0.05, 0) is 61.6 Å². The van der Waals surface area contributed by atoms with Gasteiger partial charge >= 0.3 is 5.97 Å². The van der Waals surface area contributed by atoms with Crippen LogP contribution in [0.2, 0.25) is 0 Å². The molecule has 1 aliphatic carbocycles. The molecule has 1 heterocycles. The van der Waals surface area contributed by atoms with E-state index in [1.54, 1.807) is 31.9 Å². The molecule has 36 heavy (non-hydrogen) atoms. The minimum atomic E-state index is -0.437. The molecule has 192 valence electrons. The van der Waals surface area contributed by atoms with E-state index in [-0.39, 0.29) is 24.1 Å². The third-order valence-corrected chi connectivity index (χ3v) is 7.67. The summed E-state index contributed by atoms with van der Waals surface area (Å²) in [5, 5.41) is 3.56. The second-order valence-electron chi connectivity index (χ2n) is 9.03. The van der Waals surface area contributed by atoms with Crippen molar-refractivity contribution in [3.63, 3.8) is 0 Å². The number of thioether (sulfide) groups is 1. The first-order chi connectivity index (χ1) is 17.5. The van der Waals surface area contributed by atoms with Gasteiger partial charge in [0.1, 0.15) is 0 Å². The van der Waals surface area contributed by atoms with E-state index in [1.165, 1.54) is 6.42 Å². The largest absolute Gasteiger partial charge is 0.493 e. The lowest BCUT2D eigenvalue weighted by Gasteiger charge is -2.39. The summed E-state index contributed by atoms with van der Waals surface area (Å²) in [5.41, 5.74) is 1.64. The van der Waals surface area contributed by atoms with Gasteiger partial charge in [-0.2, -0.15) is 0 Å². The second kappa shape index (κ2) is 12.2. The summed E-state index contributed by atoms with van der Waals surface area (Å²) in [6.07, 6.45) is 6.42. The lowest BCUT2D eigenvalue weighted by atomic mass is 9.85. The van der Waals surface area contributed by atoms with Crippen LogP contribution in [0, 0.1) is 5.92 Å². The molecule has 1 saturated carbocycles. The molecule has 2 aromatic rings. The van der Waals surface area contributed by atoms with Crippen molar-refractivity contribution >= 4 is 35.4 Å². The molecule has 0 bridgehead atoms. The fourth-order valence-corrected chi connectivity index (χ4v) is 5.96. The Balaban J connectivity index is 1.57. The van der Waals surface area contributed by atoms with Crippen LogP contribution in [0.25, 0.3) is 6.08 Å². The molecule has 1 saturated heterocycles. The van der Waals surface area contributed by atoms with Crippen molar-refractivity contribution in [1.29, 1.82) is 0 Å². The van der Waals surface area contributed by atoms with Crippen LogP contribution in [0.5, 0.6) is 11.5 Å². The standard InChI is InChI=1S/C28H34N2O5S/c1-4-34-26(31)18-35-23-15-14-20(16-24(23)33-3)17-25-27(32)30(22-13-9-8-10-19(22)2)28(36-25)29-21-11-6-5-7-12-21/h5-7,11-12,14-17,19,22,28-29H,4,8-10,13,18H2,1-3H3/b25-17-/t19-,22-,28?/m1/s1. The van der Waals surface area contributed by atoms with Crippen molar-refractivity contribution in [2.45, 2.75) is 51.1 Å². The van der Waals surface area contributed by atoms with Crippen molar-refractivity contribution in [3.8, 4) is 11.5 Å². The van der Waals surface area contributed by atoms with Gasteiger partial charge in [-0.1, -0.05) is 55.8 Å². The van der Waals surface area contributed by atoms with Crippen LogP contribution in [-0.2, 0) is 14.3 Å². The first-order valence-electron chi connectivity index (χ1n) is 12.5. The molecule has 0 spiro atoms. The number of carbonyl (C=O) groups excluding carboxylic acids is 2. The Morgan fingerprint density at radius 1 is 1.14 bits per heavy atom. The molecule has 0 aromatic heterocycles. The van der Waals surface area contributed by atoms with Gasteiger partial charge in [-0.3, -0.25) is 4.79 Å². The number of esters is 1. The smallest absolute Gasteiger partial charge is 0.344 e. The summed E-state index contributed by atoms with van der Waals surface area (Å²) in [4.78, 5) is 28.1. The Labute approximate surface area is 217 Å². The number of benzene rings is 2. The summed E-state index contributed by atoms with van der Waals surface area (Å²) in [7, 11) is 1.55. The Morgan fingerprint density at radius 2 is 1.92 bits per heavy atom. The highest BCUT2D eigenvalue weighted by molar-refractivity contribution is 8.05. The van der Waals surface area contributed by atoms with Crippen molar-refractivity contribution in [1.82, 2.24) is 4.90 Å². The Kier molecular flexibility index (Phi) is 8.80. The van der Waals surface area contributed by atoms with Crippen LogP contribution in [0.3, 0.4) is 0 Å². The van der Waals surface area contributed by atoms with E-state index >= 15 is 0 Å². The highest BCUT2D eigenvalue weighted by Gasteiger charge is 2.42. The van der Waals surface area contributed by atoms with E-state index in [0.717, 1.165) is 30.5 Å². The lowest BCUT2D eigenvalue weighted by molar-refractivity contribution is -0.145. The van der Waals surface area contributed by atoms with Gasteiger partial charge in [0, 0.05) is 11.7 Å². The van der Waals surface area contributed by atoms with Gasteiger partial charge in [0.25, 0.3) is 5.91 Å². The minimum absolute atomic E-state index is 0.0498. The average molecular weight is 511 g/mol. The van der Waals surface area contributed by atoms with Crippen LogP contribution >= 0.6 is 11.8 Å². The van der Waals surface area contributed by atoms with Gasteiger partial charge in [0.2, 0.25) is 0 Å². The van der Waals surface area contributed by atoms with Crippen LogP contribution < -0.4 is 14.8 Å². The number of nitrogens with one attached hydrogen (secondary N) is 1. The summed E-state index contributed by atoms with van der Waals surface area (Å²) in [6, 6.07) is 15.6. The maximum absolute atomic E-state index is 13.7. The number of carbonyl (C=O) groups is 2. The predicted molar refractivity (Wildman–Crippen MR) is 143 cm³/mol. The zero-order valence-corrected chi connectivity index (χ0v) is 21.9. The molecule has 1 N–H and O–H groups in total. The van der Waals surface area contributed by atoms with E-state index in [1.807, 2.05) is 53.4 Å². The number of para-hydroxylation sites is 1. The molecule has 1 unspecified atom stereocenters. The number of anilines is 1. The van der Waals surface area contributed by atoms with Crippen LogP contribution in [0.1, 0.15) is 45.1 Å². The molecule has 4 rings (SSSR count). The molecular formula is C28H34N2O5S. The highest BCUT2D eigenvalue weighted by atomic mass is 32.2. The second-order valence-corrected chi connectivity index (χ2v) is 10.2. The highest BCUT2D eigenvalue weighted by Crippen LogP contribution is 2.42. The summed E-state index contributed by atoms with van der Waals surface area (Å²) >= 11 is 1.54. The van der Waals surface area contributed by atoms with Crippen molar-refractivity contribution < 1.29 is 23.8 Å². The molecule has 1 aliphatic heterocycles. The number of amides is 1. The third kappa shape index (κ3) is 6.16. The Bertz CT molecular complexity index is 1090. The maximum Gasteiger partial charge on any atom is 0.344 e. The molecular weight excluding hydrogens is 476 g/mol. The van der Waals surface area contributed by atoms with Gasteiger partial charge in [-0.25, -0.2) is 4.79 Å². The van der Waals surface area contributed by atoms with Crippen molar-refractivity contribution in [2.24, 2.45) is 5.92 Å². The number of methoxy groups -OCH3 is 1. The number of hydrogen-bond donors (Lipinski definition) is 1. The summed E-state index contributed by atoms with van der Waals surface area (Å²) in [6.45, 7) is 4.11. The lowest BCUT2D eigenvalue weighted by Crippen LogP contribution is -2.48. The first kappa shape index (κ1) is 25.9. The molecule has 1 amide bonds. The number of hydrogen-bond acceptors (Lipinski definition) is 7. The monoisotopic (exact) mass is 510 g/mol. The number of rotatable bonds is 9. The number of nitrogens with zero attached hydrogens (tertiary/aromatic N) is 1. The fourth-order valence-electron chi connectivity index (χ4n) is 4.75. The van der Waals surface area contributed by atoms with Gasteiger partial charge < -0.3 is 24.4 Å². The van der Waals surface area contributed by atoms with Crippen molar-refractivity contribution in [2.75, 3.05) is 25.6 Å². The van der Waals surface area contributed by atoms with E-state index in [2.05, 4.69) is 12.2 Å². The van der Waals surface area contributed by atoms with E-state index in [9.17, 15) is 9.59 Å². The normalized spacial score (nSPS) is 23.0. The Morgan fingerprint density at radius 3 is 2.64 bits per heavy atom. The molecule has 2 fully saturated rings. The summed E-state index contributed by atoms with van der Waals surface area (Å²) < 4.78 is 16.0. The fraction of sp³-hybridized carbons (Fsp3) is 0.429. The molecule has 8 heteroatoms. The summed E-state index contributed by atoms with van der Waals surface area (Å²) in [5.74, 6) is 1.00. The maximum atomic E-state index is 13.7. The van der Waals surface area contributed by atoms with Crippen LogP contribution in [0.4, 0.5) is 5.69 Å². The van der Waals surface area contributed by atoms with E-state index in [4.69, 9.17) is 14.2 Å². The molecule has 2 aliphatic rings. The van der Waals surface area contributed by atoms with Gasteiger partial charge in [0.05, 0.1) is 18.6 Å². The molecule has 0 radical (unpaired) electrons. The SMILES string of the molecule is CCOC(=O)COc1ccc(/C=C2\SC(Nc3ccccc3)N([C@@H]3CCCC[C@H]3C)C2=O)cc1OC. The third-order valence-electron chi connectivity index (χ3n) is 6.56. The average Bonchev–Trinajstić information content (AvgIpc) is 3.18. The molecule has 3 atom stereocenters. The van der Waals surface area contributed by atoms with Gasteiger partial charge in [-0.15, -0.1) is 0 Å². The van der Waals surface area contributed by atoms with E-state index < -0.39 is 5.97 Å².